The Labute approximate surface area is 99.5 Å². The summed E-state index contributed by atoms with van der Waals surface area (Å²) in [5.74, 6) is 0. The Morgan fingerprint density at radius 1 is 1.38 bits per heavy atom. The van der Waals surface area contributed by atoms with Crippen molar-refractivity contribution in [3.63, 3.8) is 0 Å². The zero-order chi connectivity index (χ0) is 11.4. The smallest absolute Gasteiger partial charge is 0.0477 e. The van der Waals surface area contributed by atoms with Gasteiger partial charge >= 0.3 is 0 Å². The lowest BCUT2D eigenvalue weighted by atomic mass is 9.86. The molecular formula is C13H26N2O. The van der Waals surface area contributed by atoms with Crippen LogP contribution in [0.25, 0.3) is 0 Å². The van der Waals surface area contributed by atoms with Crippen molar-refractivity contribution in [1.29, 1.82) is 0 Å². The first kappa shape index (κ1) is 12.3. The van der Waals surface area contributed by atoms with Crippen LogP contribution in [0, 0.1) is 0 Å². The van der Waals surface area contributed by atoms with Crippen LogP contribution in [0.1, 0.15) is 39.0 Å². The molecule has 2 aliphatic rings. The van der Waals surface area contributed by atoms with Gasteiger partial charge in [0.05, 0.1) is 0 Å². The van der Waals surface area contributed by atoms with Gasteiger partial charge in [-0.05, 0) is 52.1 Å². The van der Waals surface area contributed by atoms with Gasteiger partial charge in [-0.1, -0.05) is 0 Å². The second-order valence-electron chi connectivity index (χ2n) is 5.43. The minimum Gasteiger partial charge on any atom is -0.385 e. The number of nitrogens with one attached hydrogen (secondary N) is 1. The lowest BCUT2D eigenvalue weighted by Gasteiger charge is -2.45. The Hall–Kier alpha value is -0.120. The number of hydrogen-bond donors (Lipinski definition) is 1. The normalized spacial score (nSPS) is 33.4. The molecule has 0 radical (unpaired) electrons. The van der Waals surface area contributed by atoms with Crippen molar-refractivity contribution in [2.75, 3.05) is 33.4 Å². The van der Waals surface area contributed by atoms with E-state index in [0.29, 0.717) is 11.6 Å². The van der Waals surface area contributed by atoms with Crippen molar-refractivity contribution in [2.24, 2.45) is 0 Å². The molecule has 2 unspecified atom stereocenters. The third-order valence-corrected chi connectivity index (χ3v) is 4.37. The highest BCUT2D eigenvalue weighted by atomic mass is 16.5. The van der Waals surface area contributed by atoms with E-state index in [2.05, 4.69) is 17.1 Å². The van der Waals surface area contributed by atoms with Gasteiger partial charge < -0.3 is 10.1 Å². The monoisotopic (exact) mass is 226 g/mol. The number of piperidine rings is 1. The molecule has 0 aliphatic carbocycles. The minimum absolute atomic E-state index is 0.478. The van der Waals surface area contributed by atoms with Crippen molar-refractivity contribution in [2.45, 2.75) is 50.6 Å². The first-order chi connectivity index (χ1) is 7.78. The van der Waals surface area contributed by atoms with Crippen molar-refractivity contribution in [1.82, 2.24) is 10.2 Å². The molecule has 2 aliphatic heterocycles. The molecule has 16 heavy (non-hydrogen) atoms. The SMILES string of the molecule is COCCC(C)N1CCCC12CCCNC2. The maximum atomic E-state index is 5.21. The second kappa shape index (κ2) is 5.48. The topological polar surface area (TPSA) is 24.5 Å². The summed E-state index contributed by atoms with van der Waals surface area (Å²) in [5, 5.41) is 3.59. The second-order valence-corrected chi connectivity index (χ2v) is 5.43. The third kappa shape index (κ3) is 2.41. The van der Waals surface area contributed by atoms with Crippen molar-refractivity contribution >= 4 is 0 Å². The molecule has 0 bridgehead atoms. The van der Waals surface area contributed by atoms with Gasteiger partial charge in [0.1, 0.15) is 0 Å². The van der Waals surface area contributed by atoms with Gasteiger partial charge in [0.2, 0.25) is 0 Å². The summed E-state index contributed by atoms with van der Waals surface area (Å²) in [5.41, 5.74) is 0.478. The Bertz CT molecular complexity index is 214. The Morgan fingerprint density at radius 3 is 2.88 bits per heavy atom. The number of likely N-dealkylation sites (tertiary alicyclic amines) is 1. The summed E-state index contributed by atoms with van der Waals surface area (Å²) >= 11 is 0. The van der Waals surface area contributed by atoms with E-state index >= 15 is 0 Å². The van der Waals surface area contributed by atoms with Crippen LogP contribution in [0.5, 0.6) is 0 Å². The molecule has 0 aromatic heterocycles. The molecule has 2 rings (SSSR count). The summed E-state index contributed by atoms with van der Waals surface area (Å²) in [6, 6.07) is 0.669. The van der Waals surface area contributed by atoms with E-state index in [1.165, 1.54) is 45.3 Å². The molecule has 1 spiro atoms. The van der Waals surface area contributed by atoms with Gasteiger partial charge in [-0.3, -0.25) is 4.90 Å². The van der Waals surface area contributed by atoms with Crippen LogP contribution in [0.3, 0.4) is 0 Å². The van der Waals surface area contributed by atoms with E-state index in [4.69, 9.17) is 4.74 Å². The number of rotatable bonds is 4. The highest BCUT2D eigenvalue weighted by Crippen LogP contribution is 2.36. The van der Waals surface area contributed by atoms with E-state index < -0.39 is 0 Å². The summed E-state index contributed by atoms with van der Waals surface area (Å²) < 4.78 is 5.21. The zero-order valence-electron chi connectivity index (χ0n) is 10.8. The number of nitrogens with zero attached hydrogens (tertiary/aromatic N) is 1. The van der Waals surface area contributed by atoms with Gasteiger partial charge in [0.15, 0.2) is 0 Å². The predicted octanol–water partition coefficient (Wildman–Crippen LogP) is 1.63. The van der Waals surface area contributed by atoms with Gasteiger partial charge in [-0.15, -0.1) is 0 Å². The highest BCUT2D eigenvalue weighted by molar-refractivity contribution is 5.01. The van der Waals surface area contributed by atoms with E-state index in [9.17, 15) is 0 Å². The maximum Gasteiger partial charge on any atom is 0.0477 e. The molecule has 0 aromatic carbocycles. The number of methoxy groups -OCH3 is 1. The van der Waals surface area contributed by atoms with E-state index in [1.807, 2.05) is 0 Å². The lowest BCUT2D eigenvalue weighted by molar-refractivity contribution is 0.0525. The fourth-order valence-corrected chi connectivity index (χ4v) is 3.50. The zero-order valence-corrected chi connectivity index (χ0v) is 10.8. The van der Waals surface area contributed by atoms with Crippen LogP contribution in [0.4, 0.5) is 0 Å². The van der Waals surface area contributed by atoms with Gasteiger partial charge in [-0.25, -0.2) is 0 Å². The first-order valence-corrected chi connectivity index (χ1v) is 6.75. The third-order valence-electron chi connectivity index (χ3n) is 4.37. The summed E-state index contributed by atoms with van der Waals surface area (Å²) in [6.45, 7) is 6.95. The quantitative estimate of drug-likeness (QED) is 0.788. The predicted molar refractivity (Wildman–Crippen MR) is 66.7 cm³/mol. The van der Waals surface area contributed by atoms with E-state index in [0.717, 1.165) is 13.0 Å². The molecule has 3 nitrogen and oxygen atoms in total. The summed E-state index contributed by atoms with van der Waals surface area (Å²) in [6.07, 6.45) is 6.65. The molecular weight excluding hydrogens is 200 g/mol. The molecule has 0 saturated carbocycles. The molecule has 2 atom stereocenters. The molecule has 2 heterocycles. The minimum atomic E-state index is 0.478. The lowest BCUT2D eigenvalue weighted by Crippen LogP contribution is -2.57. The summed E-state index contributed by atoms with van der Waals surface area (Å²) in [7, 11) is 1.80. The van der Waals surface area contributed by atoms with Gasteiger partial charge in [0.25, 0.3) is 0 Å². The van der Waals surface area contributed by atoms with Crippen LogP contribution >= 0.6 is 0 Å². The number of hydrogen-bond acceptors (Lipinski definition) is 3. The molecule has 3 heteroatoms. The van der Waals surface area contributed by atoms with Crippen molar-refractivity contribution in [3.05, 3.63) is 0 Å². The standard InChI is InChI=1S/C13H26N2O/c1-12(5-10-16-2)15-9-4-7-13(15)6-3-8-14-11-13/h12,14H,3-11H2,1-2H3. The number of ether oxygens (including phenoxy) is 1. The van der Waals surface area contributed by atoms with Crippen LogP contribution in [-0.2, 0) is 4.74 Å². The van der Waals surface area contributed by atoms with Crippen LogP contribution in [-0.4, -0.2) is 49.8 Å². The molecule has 1 N–H and O–H groups in total. The molecule has 94 valence electrons. The average Bonchev–Trinajstić information content (AvgIpc) is 2.70. The maximum absolute atomic E-state index is 5.21. The summed E-state index contributed by atoms with van der Waals surface area (Å²) in [4.78, 5) is 2.75. The molecule has 0 aromatic rings. The largest absolute Gasteiger partial charge is 0.385 e. The van der Waals surface area contributed by atoms with E-state index in [1.54, 1.807) is 7.11 Å². The van der Waals surface area contributed by atoms with Gasteiger partial charge in [0, 0.05) is 31.8 Å². The van der Waals surface area contributed by atoms with Crippen molar-refractivity contribution < 1.29 is 4.74 Å². The molecule has 2 fully saturated rings. The van der Waals surface area contributed by atoms with Crippen LogP contribution < -0.4 is 5.32 Å². The van der Waals surface area contributed by atoms with Crippen LogP contribution in [0.15, 0.2) is 0 Å². The van der Waals surface area contributed by atoms with Gasteiger partial charge in [-0.2, -0.15) is 0 Å². The van der Waals surface area contributed by atoms with E-state index in [-0.39, 0.29) is 0 Å². The average molecular weight is 226 g/mol. The molecule has 2 saturated heterocycles. The fraction of sp³-hybridized carbons (Fsp3) is 1.00. The highest BCUT2D eigenvalue weighted by Gasteiger charge is 2.43. The van der Waals surface area contributed by atoms with Crippen molar-refractivity contribution in [3.8, 4) is 0 Å². The Morgan fingerprint density at radius 2 is 2.19 bits per heavy atom. The Balaban J connectivity index is 1.96. The van der Waals surface area contributed by atoms with Crippen LogP contribution in [0.2, 0.25) is 0 Å². The first-order valence-electron chi connectivity index (χ1n) is 6.75. The fourth-order valence-electron chi connectivity index (χ4n) is 3.50. The Kier molecular flexibility index (Phi) is 4.22. The molecule has 0 amide bonds.